The lowest BCUT2D eigenvalue weighted by Crippen LogP contribution is -2.26. The molecule has 35 heavy (non-hydrogen) atoms. The van der Waals surface area contributed by atoms with Gasteiger partial charge in [-0.25, -0.2) is 14.2 Å². The Labute approximate surface area is 204 Å². The van der Waals surface area contributed by atoms with Crippen LogP contribution in [0.4, 0.5) is 0 Å². The van der Waals surface area contributed by atoms with Gasteiger partial charge in [-0.3, -0.25) is 0 Å². The standard InChI is InChI=1S/C30H28NO4/c1-31-17-15-24(16-18-31)29(32)34-19-4-2-3-5-20-35-30(33)26-14-12-23-10-9-21-7-6-8-22-11-13-25(26)28(23)27(21)22/h6-18H,2-5,19-20H2,1H3/q+1. The molecule has 0 unspecified atom stereocenters. The van der Waals surface area contributed by atoms with Gasteiger partial charge in [-0.1, -0.05) is 48.5 Å². The summed E-state index contributed by atoms with van der Waals surface area (Å²) in [7, 11) is 1.90. The predicted octanol–water partition coefficient (Wildman–Crippen LogP) is 5.98. The highest BCUT2D eigenvalue weighted by Crippen LogP contribution is 2.36. The number of esters is 2. The van der Waals surface area contributed by atoms with E-state index >= 15 is 0 Å². The molecule has 0 fully saturated rings. The maximum Gasteiger partial charge on any atom is 0.338 e. The zero-order chi connectivity index (χ0) is 24.2. The van der Waals surface area contributed by atoms with Gasteiger partial charge in [0, 0.05) is 12.1 Å². The minimum Gasteiger partial charge on any atom is -0.462 e. The number of ether oxygens (including phenoxy) is 2. The lowest BCUT2D eigenvalue weighted by atomic mass is 9.92. The molecule has 0 radical (unpaired) electrons. The third-order valence-corrected chi connectivity index (χ3v) is 6.47. The molecule has 0 N–H and O–H groups in total. The quantitative estimate of drug-likeness (QED) is 0.116. The van der Waals surface area contributed by atoms with Gasteiger partial charge in [-0.15, -0.1) is 0 Å². The summed E-state index contributed by atoms with van der Waals surface area (Å²) in [6.45, 7) is 0.768. The molecule has 176 valence electrons. The zero-order valence-electron chi connectivity index (χ0n) is 19.8. The number of aryl methyl sites for hydroxylation is 1. The first kappa shape index (κ1) is 22.8. The van der Waals surface area contributed by atoms with E-state index in [9.17, 15) is 9.59 Å². The average Bonchev–Trinajstić information content (AvgIpc) is 2.89. The summed E-state index contributed by atoms with van der Waals surface area (Å²) in [5.41, 5.74) is 1.17. The van der Waals surface area contributed by atoms with Crippen molar-refractivity contribution in [2.45, 2.75) is 25.7 Å². The Morgan fingerprint density at radius 1 is 0.657 bits per heavy atom. The summed E-state index contributed by atoms with van der Waals surface area (Å²) >= 11 is 0. The van der Waals surface area contributed by atoms with Crippen molar-refractivity contribution in [1.82, 2.24) is 0 Å². The fraction of sp³-hybridized carbons (Fsp3) is 0.233. The second-order valence-corrected chi connectivity index (χ2v) is 8.91. The molecule has 0 saturated carbocycles. The van der Waals surface area contributed by atoms with Gasteiger partial charge < -0.3 is 9.47 Å². The Morgan fingerprint density at radius 2 is 1.23 bits per heavy atom. The SMILES string of the molecule is C[n+]1ccc(C(=O)OCCCCCCOC(=O)c2ccc3ccc4cccc5ccc2c3c45)cc1. The fourth-order valence-corrected chi connectivity index (χ4v) is 4.60. The summed E-state index contributed by atoms with van der Waals surface area (Å²) in [4.78, 5) is 24.9. The van der Waals surface area contributed by atoms with E-state index in [-0.39, 0.29) is 11.9 Å². The lowest BCUT2D eigenvalue weighted by molar-refractivity contribution is -0.671. The average molecular weight is 467 g/mol. The molecule has 0 saturated heterocycles. The van der Waals surface area contributed by atoms with Crippen molar-refractivity contribution in [3.63, 3.8) is 0 Å². The molecular formula is C30H28NO4+. The highest BCUT2D eigenvalue weighted by Gasteiger charge is 2.16. The molecule has 0 aliphatic heterocycles. The first-order chi connectivity index (χ1) is 17.1. The summed E-state index contributed by atoms with van der Waals surface area (Å²) in [5, 5.41) is 6.73. The maximum absolute atomic E-state index is 12.9. The third kappa shape index (κ3) is 4.80. The topological polar surface area (TPSA) is 56.5 Å². The molecule has 5 aromatic rings. The number of pyridine rings is 1. The van der Waals surface area contributed by atoms with E-state index in [4.69, 9.17) is 9.47 Å². The Balaban J connectivity index is 1.10. The molecular weight excluding hydrogens is 438 g/mol. The molecule has 5 rings (SSSR count). The minimum absolute atomic E-state index is 0.284. The number of hydrogen-bond acceptors (Lipinski definition) is 4. The molecule has 1 aromatic heterocycles. The summed E-state index contributed by atoms with van der Waals surface area (Å²) in [5.74, 6) is -0.582. The van der Waals surface area contributed by atoms with Crippen LogP contribution >= 0.6 is 0 Å². The molecule has 4 aromatic carbocycles. The monoisotopic (exact) mass is 466 g/mol. The van der Waals surface area contributed by atoms with E-state index in [1.807, 2.05) is 42.2 Å². The van der Waals surface area contributed by atoms with Crippen molar-refractivity contribution in [1.29, 1.82) is 0 Å². The number of carbonyl (C=O) groups is 2. The number of benzene rings is 4. The molecule has 0 amide bonds. The van der Waals surface area contributed by atoms with Crippen LogP contribution < -0.4 is 4.57 Å². The van der Waals surface area contributed by atoms with Gasteiger partial charge in [0.25, 0.3) is 0 Å². The van der Waals surface area contributed by atoms with E-state index in [1.165, 1.54) is 16.2 Å². The highest BCUT2D eigenvalue weighted by atomic mass is 16.5. The van der Waals surface area contributed by atoms with Crippen LogP contribution in [0.15, 0.2) is 79.1 Å². The molecule has 0 atom stereocenters. The predicted molar refractivity (Wildman–Crippen MR) is 137 cm³/mol. The maximum atomic E-state index is 12.9. The van der Waals surface area contributed by atoms with Gasteiger partial charge >= 0.3 is 11.9 Å². The van der Waals surface area contributed by atoms with E-state index in [1.54, 1.807) is 12.1 Å². The van der Waals surface area contributed by atoms with Gasteiger partial charge in [0.2, 0.25) is 0 Å². The Bertz CT molecular complexity index is 1470. The zero-order valence-corrected chi connectivity index (χ0v) is 19.8. The summed E-state index contributed by atoms with van der Waals surface area (Å²) < 4.78 is 12.8. The van der Waals surface area contributed by atoms with Gasteiger partial charge in [-0.2, -0.15) is 0 Å². The van der Waals surface area contributed by atoms with E-state index in [0.717, 1.165) is 41.8 Å². The lowest BCUT2D eigenvalue weighted by Gasteiger charge is -2.13. The molecule has 0 aliphatic carbocycles. The van der Waals surface area contributed by atoms with Crippen LogP contribution in [-0.2, 0) is 16.5 Å². The fourth-order valence-electron chi connectivity index (χ4n) is 4.60. The van der Waals surface area contributed by atoms with Crippen molar-refractivity contribution in [3.05, 3.63) is 90.3 Å². The van der Waals surface area contributed by atoms with Crippen molar-refractivity contribution in [2.24, 2.45) is 7.05 Å². The van der Waals surface area contributed by atoms with E-state index < -0.39 is 0 Å². The van der Waals surface area contributed by atoms with Crippen LogP contribution in [0.1, 0.15) is 46.4 Å². The van der Waals surface area contributed by atoms with Gasteiger partial charge in [0.05, 0.1) is 24.3 Å². The second kappa shape index (κ2) is 10.1. The Morgan fingerprint density at radius 3 is 1.91 bits per heavy atom. The van der Waals surface area contributed by atoms with Gasteiger partial charge in [0.1, 0.15) is 7.05 Å². The number of unbranched alkanes of at least 4 members (excludes halogenated alkanes) is 3. The third-order valence-electron chi connectivity index (χ3n) is 6.47. The number of hydrogen-bond donors (Lipinski definition) is 0. The van der Waals surface area contributed by atoms with Gasteiger partial charge in [0.15, 0.2) is 12.4 Å². The molecule has 1 heterocycles. The number of carbonyl (C=O) groups excluding carboxylic acids is 2. The molecule has 0 bridgehead atoms. The normalized spacial score (nSPS) is 11.3. The largest absolute Gasteiger partial charge is 0.462 e. The van der Waals surface area contributed by atoms with Crippen LogP contribution in [0.3, 0.4) is 0 Å². The Hall–Kier alpha value is -3.99. The highest BCUT2D eigenvalue weighted by molar-refractivity contribution is 6.25. The van der Waals surface area contributed by atoms with Crippen LogP contribution in [-0.4, -0.2) is 25.2 Å². The van der Waals surface area contributed by atoms with Crippen molar-refractivity contribution >= 4 is 44.3 Å². The molecule has 5 heteroatoms. The molecule has 0 spiro atoms. The van der Waals surface area contributed by atoms with E-state index in [0.29, 0.717) is 24.3 Å². The van der Waals surface area contributed by atoms with Crippen LogP contribution in [0.25, 0.3) is 32.3 Å². The smallest absolute Gasteiger partial charge is 0.338 e. The van der Waals surface area contributed by atoms with Crippen molar-refractivity contribution in [2.75, 3.05) is 13.2 Å². The van der Waals surface area contributed by atoms with Gasteiger partial charge in [-0.05, 0) is 64.1 Å². The summed E-state index contributed by atoms with van der Waals surface area (Å²) in [6, 6.07) is 22.0. The summed E-state index contributed by atoms with van der Waals surface area (Å²) in [6.07, 6.45) is 7.02. The van der Waals surface area contributed by atoms with Crippen LogP contribution in [0, 0.1) is 0 Å². The first-order valence-electron chi connectivity index (χ1n) is 12.1. The van der Waals surface area contributed by atoms with Crippen molar-refractivity contribution < 1.29 is 23.6 Å². The van der Waals surface area contributed by atoms with Crippen molar-refractivity contribution in [3.8, 4) is 0 Å². The number of nitrogens with zero attached hydrogens (tertiary/aromatic N) is 1. The minimum atomic E-state index is -0.298. The first-order valence-corrected chi connectivity index (χ1v) is 12.1. The van der Waals surface area contributed by atoms with E-state index in [2.05, 4.69) is 36.4 Å². The number of aromatic nitrogens is 1. The Kier molecular flexibility index (Phi) is 6.57. The number of rotatable bonds is 9. The molecule has 0 aliphatic rings. The van der Waals surface area contributed by atoms with Crippen LogP contribution in [0.5, 0.6) is 0 Å². The second-order valence-electron chi connectivity index (χ2n) is 8.91. The van der Waals surface area contributed by atoms with Crippen LogP contribution in [0.2, 0.25) is 0 Å². The molecule has 5 nitrogen and oxygen atoms in total.